The highest BCUT2D eigenvalue weighted by atomic mass is 16.5. The van der Waals surface area contributed by atoms with Crippen LogP contribution >= 0.6 is 0 Å². The van der Waals surface area contributed by atoms with Gasteiger partial charge in [0.1, 0.15) is 11.4 Å². The van der Waals surface area contributed by atoms with E-state index < -0.39 is 5.60 Å². The number of ether oxygens (including phenoxy) is 2. The predicted molar refractivity (Wildman–Crippen MR) is 138 cm³/mol. The Morgan fingerprint density at radius 3 is 2.31 bits per heavy atom. The number of benzene rings is 3. The Hall–Kier alpha value is -3.19. The van der Waals surface area contributed by atoms with Crippen molar-refractivity contribution in [3.63, 3.8) is 0 Å². The van der Waals surface area contributed by atoms with Gasteiger partial charge in [-0.2, -0.15) is 0 Å². The third-order valence-corrected chi connectivity index (χ3v) is 8.30. The van der Waals surface area contributed by atoms with Gasteiger partial charge in [-0.15, -0.1) is 5.26 Å². The van der Waals surface area contributed by atoms with Crippen molar-refractivity contribution < 1.29 is 14.6 Å². The van der Waals surface area contributed by atoms with Crippen LogP contribution < -0.4 is 9.47 Å². The molecule has 4 nitrogen and oxygen atoms in total. The number of hydrogen-bond donors (Lipinski definition) is 1. The average molecular weight is 468 g/mol. The summed E-state index contributed by atoms with van der Waals surface area (Å²) in [7, 11) is 0. The van der Waals surface area contributed by atoms with Crippen molar-refractivity contribution in [2.75, 3.05) is 0 Å². The second-order valence-corrected chi connectivity index (χ2v) is 13.1. The molecule has 1 spiro atoms. The Morgan fingerprint density at radius 1 is 0.943 bits per heavy atom. The van der Waals surface area contributed by atoms with E-state index in [4.69, 9.17) is 9.47 Å². The largest absolute Gasteiger partial charge is 0.507 e. The number of nitrogens with zero attached hydrogens (tertiary/aromatic N) is 1. The lowest BCUT2D eigenvalue weighted by molar-refractivity contribution is 0.0645. The van der Waals surface area contributed by atoms with Crippen molar-refractivity contribution in [3.8, 4) is 34.6 Å². The fraction of sp³-hybridized carbons (Fsp3) is 0.452. The van der Waals surface area contributed by atoms with Gasteiger partial charge in [0.15, 0.2) is 11.5 Å². The monoisotopic (exact) mass is 467 g/mol. The molecule has 1 fully saturated rings. The normalized spacial score (nSPS) is 21.6. The topological polar surface area (TPSA) is 62.5 Å². The van der Waals surface area contributed by atoms with Crippen LogP contribution in [0.1, 0.15) is 77.5 Å². The molecule has 0 saturated heterocycles. The zero-order valence-corrected chi connectivity index (χ0v) is 21.5. The van der Waals surface area contributed by atoms with Crippen molar-refractivity contribution in [1.82, 2.24) is 0 Å². The van der Waals surface area contributed by atoms with Crippen molar-refractivity contribution in [3.05, 3.63) is 53.1 Å². The van der Waals surface area contributed by atoms with Gasteiger partial charge in [0.25, 0.3) is 6.26 Å². The molecular formula is C31H33NO3. The number of nitriles is 1. The molecule has 1 aliphatic heterocycles. The summed E-state index contributed by atoms with van der Waals surface area (Å²) in [5.74, 6) is 1.23. The third-order valence-electron chi connectivity index (χ3n) is 8.30. The Kier molecular flexibility index (Phi) is 4.28. The lowest BCUT2D eigenvalue weighted by Gasteiger charge is -2.51. The van der Waals surface area contributed by atoms with E-state index >= 15 is 0 Å². The second kappa shape index (κ2) is 6.72. The van der Waals surface area contributed by atoms with Gasteiger partial charge in [0, 0.05) is 28.2 Å². The fourth-order valence-corrected chi connectivity index (χ4v) is 8.16. The van der Waals surface area contributed by atoms with E-state index in [2.05, 4.69) is 65.8 Å². The maximum absolute atomic E-state index is 11.5. The summed E-state index contributed by atoms with van der Waals surface area (Å²) in [5, 5.41) is 22.5. The van der Waals surface area contributed by atoms with Crippen LogP contribution in [-0.2, 0) is 11.8 Å². The molecule has 1 saturated carbocycles. The van der Waals surface area contributed by atoms with Crippen LogP contribution in [-0.4, -0.2) is 10.7 Å². The fourth-order valence-electron chi connectivity index (χ4n) is 8.16. The Bertz CT molecular complexity index is 1440. The molecule has 3 aromatic rings. The first kappa shape index (κ1) is 22.3. The quantitative estimate of drug-likeness (QED) is 0.374. The number of aromatic hydroxyl groups is 1. The minimum absolute atomic E-state index is 0.160. The number of fused-ring (bicyclic) bond motifs is 9. The van der Waals surface area contributed by atoms with Crippen molar-refractivity contribution in [1.29, 1.82) is 5.26 Å². The second-order valence-electron chi connectivity index (χ2n) is 13.1. The van der Waals surface area contributed by atoms with Crippen LogP contribution in [0, 0.1) is 22.3 Å². The highest BCUT2D eigenvalue weighted by Crippen LogP contribution is 2.65. The molecule has 6 rings (SSSR count). The van der Waals surface area contributed by atoms with Gasteiger partial charge in [0.2, 0.25) is 0 Å². The summed E-state index contributed by atoms with van der Waals surface area (Å²) < 4.78 is 11.6. The number of hydrogen-bond acceptors (Lipinski definition) is 4. The van der Waals surface area contributed by atoms with Crippen LogP contribution in [0.25, 0.3) is 21.9 Å². The highest BCUT2D eigenvalue weighted by molar-refractivity contribution is 6.09. The smallest absolute Gasteiger partial charge is 0.292 e. The molecule has 35 heavy (non-hydrogen) atoms. The molecule has 0 unspecified atom stereocenters. The molecule has 0 radical (unpaired) electrons. The van der Waals surface area contributed by atoms with E-state index in [9.17, 15) is 10.4 Å². The minimum atomic E-state index is -0.423. The van der Waals surface area contributed by atoms with E-state index in [1.807, 2.05) is 6.07 Å². The number of phenols is 1. The zero-order valence-electron chi connectivity index (χ0n) is 21.5. The van der Waals surface area contributed by atoms with Crippen LogP contribution in [0.15, 0.2) is 36.4 Å². The first-order valence-corrected chi connectivity index (χ1v) is 12.6. The summed E-state index contributed by atoms with van der Waals surface area (Å²) in [6.45, 7) is 13.7. The van der Waals surface area contributed by atoms with Crippen LogP contribution in [0.4, 0.5) is 0 Å². The van der Waals surface area contributed by atoms with Crippen LogP contribution in [0.2, 0.25) is 0 Å². The van der Waals surface area contributed by atoms with E-state index in [-0.39, 0.29) is 22.0 Å². The Labute approximate surface area is 207 Å². The molecular weight excluding hydrogens is 434 g/mol. The predicted octanol–water partition coefficient (Wildman–Crippen LogP) is 7.62. The summed E-state index contributed by atoms with van der Waals surface area (Å²) in [6.07, 6.45) is 5.73. The number of phenolic OH excluding ortho intramolecular Hbond substituents is 1. The van der Waals surface area contributed by atoms with Gasteiger partial charge in [-0.25, -0.2) is 0 Å². The van der Waals surface area contributed by atoms with Crippen LogP contribution in [0.3, 0.4) is 0 Å². The molecule has 0 bridgehead atoms. The molecule has 3 aromatic carbocycles. The van der Waals surface area contributed by atoms with E-state index in [1.54, 1.807) is 12.3 Å². The maximum Gasteiger partial charge on any atom is 0.292 e. The summed E-state index contributed by atoms with van der Waals surface area (Å²) >= 11 is 0. The van der Waals surface area contributed by atoms with Gasteiger partial charge in [-0.3, -0.25) is 0 Å². The van der Waals surface area contributed by atoms with Gasteiger partial charge < -0.3 is 14.6 Å². The minimum Gasteiger partial charge on any atom is -0.507 e. The lowest BCUT2D eigenvalue weighted by Crippen LogP contribution is -2.43. The molecule has 3 aliphatic rings. The van der Waals surface area contributed by atoms with Crippen molar-refractivity contribution in [2.24, 2.45) is 10.8 Å². The molecule has 2 aliphatic carbocycles. The molecule has 0 atom stereocenters. The molecule has 180 valence electrons. The average Bonchev–Trinajstić information content (AvgIpc) is 3.18. The first-order valence-electron chi connectivity index (χ1n) is 12.6. The van der Waals surface area contributed by atoms with Gasteiger partial charge in [-0.05, 0) is 78.3 Å². The van der Waals surface area contributed by atoms with Crippen molar-refractivity contribution >= 4 is 10.8 Å². The Balaban J connectivity index is 1.75. The van der Waals surface area contributed by atoms with E-state index in [0.717, 1.165) is 29.2 Å². The van der Waals surface area contributed by atoms with E-state index in [1.165, 1.54) is 28.7 Å². The molecule has 4 heteroatoms. The zero-order chi connectivity index (χ0) is 25.0. The molecule has 0 aromatic heterocycles. The Morgan fingerprint density at radius 2 is 1.63 bits per heavy atom. The maximum atomic E-state index is 11.5. The van der Waals surface area contributed by atoms with Crippen LogP contribution in [0.5, 0.6) is 17.2 Å². The number of rotatable bonds is 1. The van der Waals surface area contributed by atoms with Gasteiger partial charge in [-0.1, -0.05) is 52.0 Å². The van der Waals surface area contributed by atoms with Gasteiger partial charge in [0.05, 0.1) is 0 Å². The summed E-state index contributed by atoms with van der Waals surface area (Å²) in [6, 6.07) is 12.6. The highest BCUT2D eigenvalue weighted by Gasteiger charge is 2.54. The van der Waals surface area contributed by atoms with Crippen molar-refractivity contribution in [2.45, 2.75) is 78.2 Å². The van der Waals surface area contributed by atoms with Gasteiger partial charge >= 0.3 is 0 Å². The SMILES string of the molecule is CC1(C)CC(C)(C)CC2(C1)c1ccccc1-c1c2cc(O)c2cc(OC#N)c3c(c12)CC(C)(C)O3. The molecule has 1 heterocycles. The lowest BCUT2D eigenvalue weighted by atomic mass is 9.52. The third kappa shape index (κ3) is 3.10. The molecule has 1 N–H and O–H groups in total. The standard InChI is InChI=1S/C31H33NO3/c1-28(2)14-29(3,4)16-31(15-28)21-10-8-7-9-18(21)26-22(31)12-23(33)19-11-24(34-17-32)27-20(25(19)26)13-30(5,6)35-27/h7-12,33H,13-16H2,1-6H3. The first-order chi connectivity index (χ1) is 16.4. The summed E-state index contributed by atoms with van der Waals surface area (Å²) in [4.78, 5) is 0. The van der Waals surface area contributed by atoms with E-state index in [0.29, 0.717) is 17.9 Å². The molecule has 0 amide bonds. The summed E-state index contributed by atoms with van der Waals surface area (Å²) in [5.41, 5.74) is 5.82.